The van der Waals surface area contributed by atoms with E-state index in [0.29, 0.717) is 0 Å². The number of aliphatic hydroxyl groups is 1. The summed E-state index contributed by atoms with van der Waals surface area (Å²) in [6.45, 7) is 1.83. The minimum absolute atomic E-state index is 0.142. The summed E-state index contributed by atoms with van der Waals surface area (Å²) in [6, 6.07) is 4.73. The van der Waals surface area contributed by atoms with Gasteiger partial charge in [-0.3, -0.25) is 0 Å². The molecule has 1 atom stereocenters. The summed E-state index contributed by atoms with van der Waals surface area (Å²) < 4.78 is 18.6. The summed E-state index contributed by atoms with van der Waals surface area (Å²) in [5, 5.41) is 12.8. The third-order valence-electron chi connectivity index (χ3n) is 2.28. The van der Waals surface area contributed by atoms with Crippen LogP contribution in [-0.2, 0) is 5.60 Å². The maximum Gasteiger partial charge on any atom is 0.171 e. The zero-order valence-corrected chi connectivity index (χ0v) is 9.17. The Labute approximate surface area is 88.9 Å². The molecule has 84 valence electrons. The van der Waals surface area contributed by atoms with Crippen LogP contribution in [-0.4, -0.2) is 25.8 Å². The van der Waals surface area contributed by atoms with Crippen LogP contribution in [0.3, 0.4) is 0 Å². The molecule has 0 spiro atoms. The Kier molecular flexibility index (Phi) is 3.66. The van der Waals surface area contributed by atoms with Gasteiger partial charge >= 0.3 is 0 Å². The van der Waals surface area contributed by atoms with E-state index in [2.05, 4.69) is 5.32 Å². The molecule has 1 unspecified atom stereocenters. The van der Waals surface area contributed by atoms with Crippen LogP contribution in [0.2, 0.25) is 0 Å². The number of likely N-dealkylation sites (N-methyl/N-ethyl adjacent to an activating group) is 1. The summed E-state index contributed by atoms with van der Waals surface area (Å²) in [6.07, 6.45) is 0. The molecule has 2 N–H and O–H groups in total. The van der Waals surface area contributed by atoms with Gasteiger partial charge in [0.15, 0.2) is 11.6 Å². The topological polar surface area (TPSA) is 41.5 Å². The Hall–Kier alpha value is -1.13. The van der Waals surface area contributed by atoms with Gasteiger partial charge in [-0.2, -0.15) is 0 Å². The quantitative estimate of drug-likeness (QED) is 0.791. The fourth-order valence-corrected chi connectivity index (χ4v) is 1.52. The van der Waals surface area contributed by atoms with E-state index in [-0.39, 0.29) is 17.9 Å². The number of nitrogens with one attached hydrogen (secondary N) is 1. The third-order valence-corrected chi connectivity index (χ3v) is 2.28. The van der Waals surface area contributed by atoms with E-state index in [1.54, 1.807) is 26.1 Å². The molecule has 4 heteroatoms. The second kappa shape index (κ2) is 4.59. The van der Waals surface area contributed by atoms with Crippen LogP contribution in [0.1, 0.15) is 12.5 Å². The SMILES string of the molecule is CNCC(C)(O)c1cccc(OC)c1F. The molecule has 1 rings (SSSR count). The molecule has 0 amide bonds. The van der Waals surface area contributed by atoms with Gasteiger partial charge in [-0.05, 0) is 20.0 Å². The van der Waals surface area contributed by atoms with Crippen LogP contribution in [0, 0.1) is 5.82 Å². The van der Waals surface area contributed by atoms with Crippen LogP contribution >= 0.6 is 0 Å². The minimum atomic E-state index is -1.24. The molecule has 0 aliphatic carbocycles. The maximum absolute atomic E-state index is 13.8. The van der Waals surface area contributed by atoms with Gasteiger partial charge in [-0.25, -0.2) is 4.39 Å². The molecule has 0 bridgehead atoms. The van der Waals surface area contributed by atoms with Crippen LogP contribution in [0.4, 0.5) is 4.39 Å². The van der Waals surface area contributed by atoms with E-state index in [4.69, 9.17) is 4.74 Å². The molecule has 0 fully saturated rings. The fraction of sp³-hybridized carbons (Fsp3) is 0.455. The Morgan fingerprint density at radius 2 is 2.20 bits per heavy atom. The normalized spacial score (nSPS) is 14.7. The van der Waals surface area contributed by atoms with Gasteiger partial charge in [0.25, 0.3) is 0 Å². The van der Waals surface area contributed by atoms with Crippen molar-refractivity contribution in [1.82, 2.24) is 5.32 Å². The number of benzene rings is 1. The van der Waals surface area contributed by atoms with E-state index in [1.165, 1.54) is 13.2 Å². The van der Waals surface area contributed by atoms with Crippen molar-refractivity contribution in [3.05, 3.63) is 29.6 Å². The van der Waals surface area contributed by atoms with E-state index in [9.17, 15) is 9.50 Å². The monoisotopic (exact) mass is 213 g/mol. The van der Waals surface area contributed by atoms with Crippen molar-refractivity contribution in [1.29, 1.82) is 0 Å². The summed E-state index contributed by atoms with van der Waals surface area (Å²) in [7, 11) is 3.10. The van der Waals surface area contributed by atoms with Gasteiger partial charge in [0.2, 0.25) is 0 Å². The number of hydrogen-bond acceptors (Lipinski definition) is 3. The van der Waals surface area contributed by atoms with Crippen molar-refractivity contribution >= 4 is 0 Å². The number of hydrogen-bond donors (Lipinski definition) is 2. The van der Waals surface area contributed by atoms with Crippen molar-refractivity contribution < 1.29 is 14.2 Å². The Morgan fingerprint density at radius 1 is 1.53 bits per heavy atom. The second-order valence-corrected chi connectivity index (χ2v) is 3.63. The molecule has 15 heavy (non-hydrogen) atoms. The lowest BCUT2D eigenvalue weighted by atomic mass is 9.95. The highest BCUT2D eigenvalue weighted by Gasteiger charge is 2.27. The first-order chi connectivity index (χ1) is 7.03. The van der Waals surface area contributed by atoms with Gasteiger partial charge in [0.1, 0.15) is 5.60 Å². The number of rotatable bonds is 4. The Morgan fingerprint density at radius 3 is 2.73 bits per heavy atom. The van der Waals surface area contributed by atoms with Crippen molar-refractivity contribution in [3.8, 4) is 5.75 Å². The van der Waals surface area contributed by atoms with Gasteiger partial charge in [0.05, 0.1) is 7.11 Å². The van der Waals surface area contributed by atoms with Crippen molar-refractivity contribution in [3.63, 3.8) is 0 Å². The lowest BCUT2D eigenvalue weighted by molar-refractivity contribution is 0.0548. The standard InChI is InChI=1S/C11H16FNO2/c1-11(14,7-13-2)8-5-4-6-9(15-3)10(8)12/h4-6,13-14H,7H2,1-3H3. The number of halogens is 1. The smallest absolute Gasteiger partial charge is 0.171 e. The first-order valence-corrected chi connectivity index (χ1v) is 4.73. The molecule has 1 aromatic carbocycles. The van der Waals surface area contributed by atoms with E-state index in [0.717, 1.165) is 0 Å². The van der Waals surface area contributed by atoms with Gasteiger partial charge in [-0.1, -0.05) is 12.1 Å². The van der Waals surface area contributed by atoms with Crippen LogP contribution in [0.15, 0.2) is 18.2 Å². The minimum Gasteiger partial charge on any atom is -0.494 e. The van der Waals surface area contributed by atoms with E-state index in [1.807, 2.05) is 0 Å². The molecule has 0 heterocycles. The van der Waals surface area contributed by atoms with Crippen molar-refractivity contribution in [2.45, 2.75) is 12.5 Å². The van der Waals surface area contributed by atoms with E-state index < -0.39 is 11.4 Å². The fourth-order valence-electron chi connectivity index (χ4n) is 1.52. The molecule has 0 aromatic heterocycles. The molecule has 0 saturated carbocycles. The molecular weight excluding hydrogens is 197 g/mol. The highest BCUT2D eigenvalue weighted by Crippen LogP contribution is 2.28. The molecule has 0 saturated heterocycles. The predicted octanol–water partition coefficient (Wildman–Crippen LogP) is 1.26. The summed E-state index contributed by atoms with van der Waals surface area (Å²) >= 11 is 0. The average molecular weight is 213 g/mol. The van der Waals surface area contributed by atoms with Gasteiger partial charge < -0.3 is 15.2 Å². The second-order valence-electron chi connectivity index (χ2n) is 3.63. The van der Waals surface area contributed by atoms with E-state index >= 15 is 0 Å². The Bertz CT molecular complexity index is 339. The van der Waals surface area contributed by atoms with Gasteiger partial charge in [0, 0.05) is 12.1 Å². The van der Waals surface area contributed by atoms with Crippen molar-refractivity contribution in [2.75, 3.05) is 20.7 Å². The molecule has 3 nitrogen and oxygen atoms in total. The zero-order valence-electron chi connectivity index (χ0n) is 9.17. The lowest BCUT2D eigenvalue weighted by Gasteiger charge is -2.24. The highest BCUT2D eigenvalue weighted by molar-refractivity contribution is 5.34. The molecule has 0 aliphatic heterocycles. The zero-order chi connectivity index (χ0) is 11.5. The molecular formula is C11H16FNO2. The lowest BCUT2D eigenvalue weighted by Crippen LogP contribution is -2.34. The van der Waals surface area contributed by atoms with Crippen LogP contribution in [0.5, 0.6) is 5.75 Å². The van der Waals surface area contributed by atoms with Crippen LogP contribution in [0.25, 0.3) is 0 Å². The number of ether oxygens (including phenoxy) is 1. The first-order valence-electron chi connectivity index (χ1n) is 4.73. The van der Waals surface area contributed by atoms with Crippen LogP contribution < -0.4 is 10.1 Å². The molecule has 0 radical (unpaired) electrons. The average Bonchev–Trinajstić information content (AvgIpc) is 2.17. The molecule has 1 aromatic rings. The third kappa shape index (κ3) is 2.46. The summed E-state index contributed by atoms with van der Waals surface area (Å²) in [5.41, 5.74) is -1.01. The first kappa shape index (κ1) is 11.9. The summed E-state index contributed by atoms with van der Waals surface area (Å²) in [5.74, 6) is -0.371. The summed E-state index contributed by atoms with van der Waals surface area (Å²) in [4.78, 5) is 0. The maximum atomic E-state index is 13.8. The predicted molar refractivity (Wildman–Crippen MR) is 56.4 cm³/mol. The van der Waals surface area contributed by atoms with Gasteiger partial charge in [-0.15, -0.1) is 0 Å². The Balaban J connectivity index is 3.14. The highest BCUT2D eigenvalue weighted by atomic mass is 19.1. The largest absolute Gasteiger partial charge is 0.494 e. The number of methoxy groups -OCH3 is 1. The van der Waals surface area contributed by atoms with Crippen molar-refractivity contribution in [2.24, 2.45) is 0 Å². The molecule has 0 aliphatic rings.